The van der Waals surface area contributed by atoms with Crippen molar-refractivity contribution in [3.05, 3.63) is 36.0 Å². The summed E-state index contributed by atoms with van der Waals surface area (Å²) in [5.74, 6) is 0. The van der Waals surface area contributed by atoms with Gasteiger partial charge in [-0.15, -0.1) is 5.73 Å². The van der Waals surface area contributed by atoms with Gasteiger partial charge in [-0.05, 0) is 18.2 Å². The third-order valence-corrected chi connectivity index (χ3v) is 1.05. The average molecular weight is 246 g/mol. The van der Waals surface area contributed by atoms with Crippen molar-refractivity contribution in [3.8, 4) is 0 Å². The van der Waals surface area contributed by atoms with E-state index in [-0.39, 0.29) is 31.9 Å². The first kappa shape index (κ1) is 14.5. The van der Waals surface area contributed by atoms with Gasteiger partial charge < -0.3 is 12.4 Å². The van der Waals surface area contributed by atoms with Crippen molar-refractivity contribution in [1.29, 1.82) is 0 Å². The Morgan fingerprint density at radius 3 is 2.00 bits per heavy atom. The van der Waals surface area contributed by atoms with Gasteiger partial charge in [-0.1, -0.05) is 0 Å². The molecule has 0 aromatic carbocycles. The second-order valence-electron chi connectivity index (χ2n) is 1.79. The Hall–Kier alpha value is -0.0366. The van der Waals surface area contributed by atoms with Gasteiger partial charge in [-0.3, -0.25) is 0 Å². The van der Waals surface area contributed by atoms with Gasteiger partial charge in [0.1, 0.15) is 0 Å². The molecule has 1 aliphatic rings. The Bertz CT molecular complexity index is 223. The van der Waals surface area contributed by atoms with Crippen molar-refractivity contribution in [1.82, 2.24) is 0 Å². The molecule has 0 saturated heterocycles. The summed E-state index contributed by atoms with van der Waals surface area (Å²) in [6.07, 6.45) is 0.223. The topological polar surface area (TPSA) is 0 Å². The molecule has 0 aromatic rings. The fourth-order valence-electron chi connectivity index (χ4n) is 0.576. The van der Waals surface area contributed by atoms with E-state index in [9.17, 15) is 13.2 Å². The van der Waals surface area contributed by atoms with Gasteiger partial charge in [-0.25, -0.2) is 0 Å². The minimum absolute atomic E-state index is 0. The van der Waals surface area contributed by atoms with Crippen molar-refractivity contribution in [2.24, 2.45) is 0 Å². The van der Waals surface area contributed by atoms with E-state index in [1.807, 2.05) is 0 Å². The van der Waals surface area contributed by atoms with Crippen LogP contribution in [-0.4, -0.2) is 6.18 Å². The molecular weight excluding hydrogens is 242 g/mol. The van der Waals surface area contributed by atoms with E-state index < -0.39 is 11.7 Å². The summed E-state index contributed by atoms with van der Waals surface area (Å²) in [5.41, 5.74) is 1.87. The molecule has 0 unspecified atom stereocenters. The maximum atomic E-state index is 11.8. The maximum Gasteiger partial charge on any atom is 0.413 e. The molecule has 0 amide bonds. The summed E-state index contributed by atoms with van der Waals surface area (Å²) >= 11 is 0. The van der Waals surface area contributed by atoms with E-state index in [1.54, 1.807) is 0 Å². The van der Waals surface area contributed by atoms with Crippen LogP contribution in [0.4, 0.5) is 13.2 Å². The standard InChI is InChI=1S/C7H4F3.ClH.Zn/c8-7(9,10)6-4-2-1-3-5-6;;/h2-5H;1H;/p-1. The molecule has 12 heavy (non-hydrogen) atoms. The van der Waals surface area contributed by atoms with Crippen LogP contribution in [0.5, 0.6) is 0 Å². The number of halogens is 4. The maximum absolute atomic E-state index is 11.8. The largest absolute Gasteiger partial charge is 1.00 e. The second kappa shape index (κ2) is 5.58. The SMILES string of the molecule is FC(F)(F)C1=CC=C=C[CH]1.[Cl-].[Zn]. The fraction of sp³-hybridized carbons (Fsp3) is 0.143. The van der Waals surface area contributed by atoms with Gasteiger partial charge in [0.25, 0.3) is 0 Å². The smallest absolute Gasteiger partial charge is 0.413 e. The molecule has 63 valence electrons. The quantitative estimate of drug-likeness (QED) is 0.395. The minimum Gasteiger partial charge on any atom is -1.00 e. The molecular formula is C7H4ClF3Zn-. The van der Waals surface area contributed by atoms with Crippen molar-refractivity contribution < 1.29 is 45.1 Å². The summed E-state index contributed by atoms with van der Waals surface area (Å²) in [7, 11) is 0. The Morgan fingerprint density at radius 2 is 1.75 bits per heavy atom. The predicted molar refractivity (Wildman–Crippen MR) is 31.1 cm³/mol. The average Bonchev–Trinajstić information content (AvgIpc) is 1.88. The van der Waals surface area contributed by atoms with Crippen LogP contribution >= 0.6 is 0 Å². The molecule has 0 aromatic heterocycles. The molecule has 1 radical (unpaired) electrons. The van der Waals surface area contributed by atoms with Gasteiger partial charge in [-0.2, -0.15) is 13.2 Å². The van der Waals surface area contributed by atoms with E-state index in [4.69, 9.17) is 0 Å². The van der Waals surface area contributed by atoms with E-state index in [1.165, 1.54) is 12.2 Å². The normalized spacial score (nSPS) is 14.4. The molecule has 0 saturated carbocycles. The van der Waals surface area contributed by atoms with Crippen LogP contribution in [0.3, 0.4) is 0 Å². The molecule has 0 spiro atoms. The number of rotatable bonds is 0. The van der Waals surface area contributed by atoms with Crippen molar-refractivity contribution >= 4 is 0 Å². The predicted octanol–water partition coefficient (Wildman–Crippen LogP) is -0.594. The van der Waals surface area contributed by atoms with Crippen LogP contribution < -0.4 is 12.4 Å². The van der Waals surface area contributed by atoms with Crippen molar-refractivity contribution in [3.63, 3.8) is 0 Å². The third-order valence-electron chi connectivity index (χ3n) is 1.05. The van der Waals surface area contributed by atoms with Crippen molar-refractivity contribution in [2.45, 2.75) is 6.18 Å². The van der Waals surface area contributed by atoms with Crippen LogP contribution in [0.2, 0.25) is 0 Å². The zero-order valence-corrected chi connectivity index (χ0v) is 9.75. The fourth-order valence-corrected chi connectivity index (χ4v) is 0.576. The Balaban J connectivity index is 0. The van der Waals surface area contributed by atoms with Crippen LogP contribution in [-0.2, 0) is 19.5 Å². The molecule has 0 aliphatic heterocycles. The Labute approximate surface area is 87.4 Å². The first-order valence-electron chi connectivity index (χ1n) is 2.64. The zero-order valence-electron chi connectivity index (χ0n) is 6.03. The van der Waals surface area contributed by atoms with Crippen LogP contribution in [0, 0.1) is 6.42 Å². The molecule has 1 aliphatic carbocycles. The van der Waals surface area contributed by atoms with Gasteiger partial charge in [0.15, 0.2) is 0 Å². The summed E-state index contributed by atoms with van der Waals surface area (Å²) in [4.78, 5) is 0. The first-order chi connectivity index (χ1) is 4.61. The summed E-state index contributed by atoms with van der Waals surface area (Å²) in [5, 5.41) is 0. The first-order valence-corrected chi connectivity index (χ1v) is 2.64. The second-order valence-corrected chi connectivity index (χ2v) is 1.79. The third kappa shape index (κ3) is 4.11. The zero-order chi connectivity index (χ0) is 7.61. The molecule has 1 rings (SSSR count). The van der Waals surface area contributed by atoms with Crippen LogP contribution in [0.25, 0.3) is 0 Å². The van der Waals surface area contributed by atoms with Gasteiger partial charge in [0, 0.05) is 31.5 Å². The number of hydrogen-bond donors (Lipinski definition) is 0. The molecule has 5 heteroatoms. The van der Waals surface area contributed by atoms with E-state index in [0.29, 0.717) is 0 Å². The minimum atomic E-state index is -4.23. The summed E-state index contributed by atoms with van der Waals surface area (Å²) < 4.78 is 35.3. The van der Waals surface area contributed by atoms with Gasteiger partial charge >= 0.3 is 6.18 Å². The molecule has 0 fully saturated rings. The van der Waals surface area contributed by atoms with E-state index in [0.717, 1.165) is 12.5 Å². The molecule has 0 heterocycles. The van der Waals surface area contributed by atoms with E-state index in [2.05, 4.69) is 5.73 Å². The molecule has 0 nitrogen and oxygen atoms in total. The van der Waals surface area contributed by atoms with E-state index >= 15 is 0 Å². The number of hydrogen-bond acceptors (Lipinski definition) is 0. The van der Waals surface area contributed by atoms with Gasteiger partial charge in [0.05, 0.1) is 0 Å². The summed E-state index contributed by atoms with van der Waals surface area (Å²) in [6.45, 7) is 0. The molecule has 0 N–H and O–H groups in total. The monoisotopic (exact) mass is 244 g/mol. The Kier molecular flexibility index (Phi) is 6.74. The van der Waals surface area contributed by atoms with Crippen molar-refractivity contribution in [2.75, 3.05) is 0 Å². The molecule has 0 bridgehead atoms. The van der Waals surface area contributed by atoms with Crippen LogP contribution in [0.15, 0.2) is 29.5 Å². The van der Waals surface area contributed by atoms with Crippen LogP contribution in [0.1, 0.15) is 0 Å². The molecule has 0 atom stereocenters. The number of alkyl halides is 3. The number of allylic oxidation sites excluding steroid dienone is 3. The Morgan fingerprint density at radius 1 is 1.17 bits per heavy atom. The summed E-state index contributed by atoms with van der Waals surface area (Å²) in [6, 6.07) is 0. The van der Waals surface area contributed by atoms with Gasteiger partial charge in [0.2, 0.25) is 0 Å².